The van der Waals surface area contributed by atoms with Crippen LogP contribution in [0.2, 0.25) is 0 Å². The van der Waals surface area contributed by atoms with Gasteiger partial charge in [0, 0.05) is 30.9 Å². The molecule has 8 nitrogen and oxygen atoms in total. The number of carboxylic acids is 1. The molecule has 2 aliphatic heterocycles. The van der Waals surface area contributed by atoms with Crippen molar-refractivity contribution in [1.82, 2.24) is 15.2 Å². The summed E-state index contributed by atoms with van der Waals surface area (Å²) in [5, 5.41) is 10.1. The van der Waals surface area contributed by atoms with Gasteiger partial charge in [-0.05, 0) is 45.2 Å². The van der Waals surface area contributed by atoms with Crippen LogP contribution in [0, 0.1) is 5.92 Å². The Kier molecular flexibility index (Phi) is 8.63. The van der Waals surface area contributed by atoms with Crippen molar-refractivity contribution in [2.24, 2.45) is 5.92 Å². The van der Waals surface area contributed by atoms with E-state index in [1.807, 2.05) is 26.0 Å². The van der Waals surface area contributed by atoms with Gasteiger partial charge < -0.3 is 19.9 Å². The highest BCUT2D eigenvalue weighted by Crippen LogP contribution is 2.34. The summed E-state index contributed by atoms with van der Waals surface area (Å²) in [6, 6.07) is 4.13. The second-order valence-electron chi connectivity index (χ2n) is 7.82. The molecule has 0 spiro atoms. The molecular weight excluding hydrogens is 419 g/mol. The molecule has 2 aliphatic rings. The summed E-state index contributed by atoms with van der Waals surface area (Å²) in [7, 11) is 1.65. The number of aliphatic carboxylic acids is 1. The van der Waals surface area contributed by atoms with Crippen molar-refractivity contribution in [3.05, 3.63) is 23.9 Å². The molecule has 1 aromatic heterocycles. The fourth-order valence-corrected chi connectivity index (χ4v) is 3.65. The number of amides is 1. The van der Waals surface area contributed by atoms with E-state index in [4.69, 9.17) is 19.4 Å². The van der Waals surface area contributed by atoms with E-state index in [0.717, 1.165) is 38.0 Å². The van der Waals surface area contributed by atoms with Crippen LogP contribution in [0.1, 0.15) is 32.3 Å². The number of carboxylic acid groups (broad SMARTS) is 1. The summed E-state index contributed by atoms with van der Waals surface area (Å²) in [5.41, 5.74) is 1.09. The quantitative estimate of drug-likeness (QED) is 0.714. The van der Waals surface area contributed by atoms with Gasteiger partial charge in [0.1, 0.15) is 6.10 Å². The van der Waals surface area contributed by atoms with Gasteiger partial charge in [-0.2, -0.15) is 13.2 Å². The molecule has 0 saturated carbocycles. The van der Waals surface area contributed by atoms with Gasteiger partial charge in [-0.1, -0.05) is 6.07 Å². The van der Waals surface area contributed by atoms with E-state index in [1.54, 1.807) is 13.3 Å². The maximum absolute atomic E-state index is 12.2. The number of carbonyl (C=O) groups excluding carboxylic acids is 1. The molecule has 2 fully saturated rings. The Balaban J connectivity index is 0.000000423. The van der Waals surface area contributed by atoms with Crippen LogP contribution in [0.15, 0.2) is 18.3 Å². The third-order valence-electron chi connectivity index (χ3n) is 5.04. The maximum atomic E-state index is 12.2. The van der Waals surface area contributed by atoms with Crippen molar-refractivity contribution in [2.75, 3.05) is 20.2 Å². The number of rotatable bonds is 5. The lowest BCUT2D eigenvalue weighted by Gasteiger charge is -2.34. The minimum Gasteiger partial charge on any atom is -0.481 e. The molecule has 1 amide bonds. The zero-order chi connectivity index (χ0) is 23.2. The van der Waals surface area contributed by atoms with Crippen molar-refractivity contribution in [3.63, 3.8) is 0 Å². The molecular formula is C20H28F3N3O5. The minimum absolute atomic E-state index is 0.0277. The summed E-state index contributed by atoms with van der Waals surface area (Å²) < 4.78 is 43.1. The van der Waals surface area contributed by atoms with E-state index in [1.165, 1.54) is 0 Å². The molecule has 2 N–H and O–H groups in total. The largest absolute Gasteiger partial charge is 0.490 e. The second-order valence-corrected chi connectivity index (χ2v) is 7.82. The molecule has 11 heteroatoms. The SMILES string of the molecule is COc1ncccc1CN1CC[C@H]2C[C@@H](C(=O)NC(C)C)O[C@@H]2C1.O=C(O)C(F)(F)F. The Bertz CT molecular complexity index is 760. The highest BCUT2D eigenvalue weighted by Gasteiger charge is 2.42. The van der Waals surface area contributed by atoms with Crippen LogP contribution in [0.3, 0.4) is 0 Å². The Labute approximate surface area is 178 Å². The zero-order valence-corrected chi connectivity index (χ0v) is 17.7. The number of hydrogen-bond acceptors (Lipinski definition) is 6. The van der Waals surface area contributed by atoms with E-state index in [0.29, 0.717) is 11.8 Å². The van der Waals surface area contributed by atoms with Crippen molar-refractivity contribution >= 4 is 11.9 Å². The van der Waals surface area contributed by atoms with Crippen molar-refractivity contribution in [1.29, 1.82) is 0 Å². The van der Waals surface area contributed by atoms with Crippen LogP contribution in [0.5, 0.6) is 5.88 Å². The molecule has 3 rings (SSSR count). The molecule has 0 radical (unpaired) electrons. The number of aromatic nitrogens is 1. The Morgan fingerprint density at radius 1 is 1.42 bits per heavy atom. The number of likely N-dealkylation sites (tertiary alicyclic amines) is 1. The normalized spacial score (nSPS) is 23.5. The summed E-state index contributed by atoms with van der Waals surface area (Å²) in [6.07, 6.45) is -1.59. The number of alkyl halides is 3. The first-order valence-corrected chi connectivity index (χ1v) is 9.97. The number of nitrogens with zero attached hydrogens (tertiary/aromatic N) is 2. The van der Waals surface area contributed by atoms with Crippen LogP contribution >= 0.6 is 0 Å². The standard InChI is InChI=1S/C18H27N3O3.C2HF3O2/c1-12(2)20-17(22)15-9-13-6-8-21(11-16(13)24-15)10-14-5-4-7-19-18(14)23-3;3-2(4,5)1(6)7/h4-5,7,12-13,15-16H,6,8-11H2,1-3H3,(H,20,22);(H,6,7)/t13-,15-,16+;/m0./s1. The number of fused-ring (bicyclic) bond motifs is 1. The molecule has 3 atom stereocenters. The first-order valence-electron chi connectivity index (χ1n) is 9.97. The predicted molar refractivity (Wildman–Crippen MR) is 104 cm³/mol. The lowest BCUT2D eigenvalue weighted by molar-refractivity contribution is -0.192. The van der Waals surface area contributed by atoms with Gasteiger partial charge in [-0.3, -0.25) is 9.69 Å². The van der Waals surface area contributed by atoms with E-state index in [-0.39, 0.29) is 24.2 Å². The molecule has 1 aromatic rings. The fraction of sp³-hybridized carbons (Fsp3) is 0.650. The summed E-state index contributed by atoms with van der Waals surface area (Å²) in [4.78, 5) is 27.7. The average Bonchev–Trinajstić information content (AvgIpc) is 3.11. The molecule has 0 unspecified atom stereocenters. The van der Waals surface area contributed by atoms with Crippen molar-refractivity contribution < 1.29 is 37.3 Å². The van der Waals surface area contributed by atoms with Gasteiger partial charge in [0.05, 0.1) is 13.2 Å². The van der Waals surface area contributed by atoms with Crippen LogP contribution in [-0.4, -0.2) is 71.5 Å². The van der Waals surface area contributed by atoms with Gasteiger partial charge >= 0.3 is 12.1 Å². The fourth-order valence-electron chi connectivity index (χ4n) is 3.65. The summed E-state index contributed by atoms with van der Waals surface area (Å²) in [5.74, 6) is -1.56. The van der Waals surface area contributed by atoms with Crippen LogP contribution < -0.4 is 10.1 Å². The monoisotopic (exact) mass is 447 g/mol. The number of piperidine rings is 1. The van der Waals surface area contributed by atoms with Crippen LogP contribution in [-0.2, 0) is 20.9 Å². The van der Waals surface area contributed by atoms with E-state index in [9.17, 15) is 18.0 Å². The van der Waals surface area contributed by atoms with Crippen LogP contribution in [0.4, 0.5) is 13.2 Å². The first-order chi connectivity index (χ1) is 14.5. The van der Waals surface area contributed by atoms with E-state index >= 15 is 0 Å². The number of methoxy groups -OCH3 is 1. The first kappa shape index (κ1) is 24.9. The maximum Gasteiger partial charge on any atom is 0.490 e. The molecule has 2 saturated heterocycles. The number of pyridine rings is 1. The zero-order valence-electron chi connectivity index (χ0n) is 17.7. The van der Waals surface area contributed by atoms with Gasteiger partial charge in [0.25, 0.3) is 0 Å². The molecule has 3 heterocycles. The Hall–Kier alpha value is -2.40. The highest BCUT2D eigenvalue weighted by atomic mass is 19.4. The lowest BCUT2D eigenvalue weighted by Crippen LogP contribution is -2.42. The Morgan fingerprint density at radius 2 is 2.10 bits per heavy atom. The summed E-state index contributed by atoms with van der Waals surface area (Å²) >= 11 is 0. The van der Waals surface area contributed by atoms with E-state index in [2.05, 4.69) is 15.2 Å². The predicted octanol–water partition coefficient (Wildman–Crippen LogP) is 2.23. The molecule has 0 aromatic carbocycles. The third kappa shape index (κ3) is 7.35. The smallest absolute Gasteiger partial charge is 0.481 e. The van der Waals surface area contributed by atoms with E-state index < -0.39 is 12.1 Å². The van der Waals surface area contributed by atoms with Gasteiger partial charge in [0.2, 0.25) is 11.8 Å². The molecule has 0 bridgehead atoms. The lowest BCUT2D eigenvalue weighted by atomic mass is 9.91. The average molecular weight is 447 g/mol. The second kappa shape index (κ2) is 10.8. The minimum atomic E-state index is -5.08. The van der Waals surface area contributed by atoms with Crippen LogP contribution in [0.25, 0.3) is 0 Å². The topological polar surface area (TPSA) is 101 Å². The number of nitrogens with one attached hydrogen (secondary N) is 1. The number of hydrogen-bond donors (Lipinski definition) is 2. The van der Waals surface area contributed by atoms with Crippen molar-refractivity contribution in [2.45, 2.75) is 57.7 Å². The molecule has 174 valence electrons. The molecule has 0 aliphatic carbocycles. The Morgan fingerprint density at radius 3 is 2.68 bits per heavy atom. The van der Waals surface area contributed by atoms with Gasteiger partial charge in [0.15, 0.2) is 0 Å². The number of carbonyl (C=O) groups is 2. The highest BCUT2D eigenvalue weighted by molar-refractivity contribution is 5.81. The van der Waals surface area contributed by atoms with Crippen molar-refractivity contribution in [3.8, 4) is 5.88 Å². The van der Waals surface area contributed by atoms with Gasteiger partial charge in [-0.25, -0.2) is 9.78 Å². The number of ether oxygens (including phenoxy) is 2. The third-order valence-corrected chi connectivity index (χ3v) is 5.04. The number of halogens is 3. The van der Waals surface area contributed by atoms with Gasteiger partial charge in [-0.15, -0.1) is 0 Å². The summed E-state index contributed by atoms with van der Waals surface area (Å²) in [6.45, 7) is 6.62. The molecule has 31 heavy (non-hydrogen) atoms.